The van der Waals surface area contributed by atoms with Crippen LogP contribution in [0.1, 0.15) is 20.3 Å². The fourth-order valence-corrected chi connectivity index (χ4v) is 2.74. The molecule has 8 heteroatoms. The zero-order valence-corrected chi connectivity index (χ0v) is 10.6. The van der Waals surface area contributed by atoms with Gasteiger partial charge in [0.15, 0.2) is 0 Å². The normalized spacial score (nSPS) is 11.4. The Morgan fingerprint density at radius 3 is 2.31 bits per heavy atom. The Balaban J connectivity index is 4.03. The molecule has 16 heavy (non-hydrogen) atoms. The molecular formula is C8H20N3O4P. The number of hydroxylamine groups is 2. The lowest BCUT2D eigenvalue weighted by Crippen LogP contribution is -2.34. The number of guanidine groups is 1. The van der Waals surface area contributed by atoms with Crippen LogP contribution in [0.15, 0.2) is 0 Å². The third-order valence-electron chi connectivity index (χ3n) is 1.73. The van der Waals surface area contributed by atoms with Crippen molar-refractivity contribution in [3.05, 3.63) is 0 Å². The summed E-state index contributed by atoms with van der Waals surface area (Å²) in [6, 6.07) is 0. The molecule has 0 aliphatic rings. The van der Waals surface area contributed by atoms with E-state index in [-0.39, 0.29) is 12.7 Å². The minimum atomic E-state index is -3.05. The Labute approximate surface area is 95.5 Å². The predicted octanol–water partition coefficient (Wildman–Crippen LogP) is 1.23. The molecule has 0 saturated heterocycles. The SMILES string of the molecule is CCOP(=O)(CCCN(O)C(=N)N)OCC. The Morgan fingerprint density at radius 2 is 1.94 bits per heavy atom. The monoisotopic (exact) mass is 253 g/mol. The number of rotatable bonds is 8. The Kier molecular flexibility index (Phi) is 7.33. The van der Waals surface area contributed by atoms with Gasteiger partial charge in [0.1, 0.15) is 0 Å². The first-order valence-electron chi connectivity index (χ1n) is 5.13. The maximum Gasteiger partial charge on any atom is 0.330 e. The average Bonchev–Trinajstić information content (AvgIpc) is 2.17. The zero-order valence-electron chi connectivity index (χ0n) is 9.68. The van der Waals surface area contributed by atoms with E-state index in [1.54, 1.807) is 13.8 Å². The predicted molar refractivity (Wildman–Crippen MR) is 60.7 cm³/mol. The fraction of sp³-hybridized carbons (Fsp3) is 0.875. The van der Waals surface area contributed by atoms with Crippen LogP contribution in [0, 0.1) is 5.41 Å². The van der Waals surface area contributed by atoms with Gasteiger partial charge in [0, 0.05) is 6.54 Å². The van der Waals surface area contributed by atoms with Gasteiger partial charge < -0.3 is 14.8 Å². The summed E-state index contributed by atoms with van der Waals surface area (Å²) < 4.78 is 22.1. The van der Waals surface area contributed by atoms with Crippen molar-refractivity contribution >= 4 is 13.6 Å². The van der Waals surface area contributed by atoms with Crippen molar-refractivity contribution in [1.29, 1.82) is 5.41 Å². The molecule has 0 spiro atoms. The molecule has 4 N–H and O–H groups in total. The van der Waals surface area contributed by atoms with Crippen LogP contribution in [0.5, 0.6) is 0 Å². The van der Waals surface area contributed by atoms with E-state index < -0.39 is 13.6 Å². The van der Waals surface area contributed by atoms with E-state index in [4.69, 9.17) is 25.4 Å². The van der Waals surface area contributed by atoms with Gasteiger partial charge in [-0.15, -0.1) is 0 Å². The summed E-state index contributed by atoms with van der Waals surface area (Å²) in [6.45, 7) is 4.22. The lowest BCUT2D eigenvalue weighted by Gasteiger charge is -2.18. The van der Waals surface area contributed by atoms with E-state index in [2.05, 4.69) is 0 Å². The molecule has 7 nitrogen and oxygen atoms in total. The van der Waals surface area contributed by atoms with Crippen molar-refractivity contribution in [1.82, 2.24) is 5.06 Å². The third-order valence-corrected chi connectivity index (χ3v) is 3.90. The number of hydrogen-bond acceptors (Lipinski definition) is 5. The molecule has 0 aliphatic carbocycles. The molecule has 0 bridgehead atoms. The summed E-state index contributed by atoms with van der Waals surface area (Å²) in [5.74, 6) is -0.442. The van der Waals surface area contributed by atoms with Gasteiger partial charge in [0.2, 0.25) is 5.96 Å². The van der Waals surface area contributed by atoms with Crippen LogP contribution in [0.3, 0.4) is 0 Å². The highest BCUT2D eigenvalue weighted by Gasteiger charge is 2.23. The molecular weight excluding hydrogens is 233 g/mol. The molecule has 0 amide bonds. The number of nitrogens with one attached hydrogen (secondary N) is 1. The van der Waals surface area contributed by atoms with Gasteiger partial charge in [0.25, 0.3) is 0 Å². The quantitative estimate of drug-likeness (QED) is 0.260. The molecule has 0 radical (unpaired) electrons. The fourth-order valence-electron chi connectivity index (χ4n) is 1.09. The third kappa shape index (κ3) is 6.07. The first-order valence-corrected chi connectivity index (χ1v) is 6.86. The summed E-state index contributed by atoms with van der Waals surface area (Å²) in [4.78, 5) is 0. The molecule has 0 aromatic rings. The average molecular weight is 253 g/mol. The number of nitrogens with zero attached hydrogens (tertiary/aromatic N) is 1. The van der Waals surface area contributed by atoms with E-state index in [9.17, 15) is 4.57 Å². The van der Waals surface area contributed by atoms with Crippen molar-refractivity contribution in [2.75, 3.05) is 25.9 Å². The van der Waals surface area contributed by atoms with Crippen molar-refractivity contribution in [2.45, 2.75) is 20.3 Å². The summed E-state index contributed by atoms with van der Waals surface area (Å²) in [5.41, 5.74) is 5.03. The van der Waals surface area contributed by atoms with Crippen LogP contribution in [-0.4, -0.2) is 42.2 Å². The second-order valence-electron chi connectivity index (χ2n) is 3.03. The topological polar surface area (TPSA) is 109 Å². The highest BCUT2D eigenvalue weighted by atomic mass is 31.2. The van der Waals surface area contributed by atoms with Crippen molar-refractivity contribution in [3.63, 3.8) is 0 Å². The van der Waals surface area contributed by atoms with Crippen LogP contribution < -0.4 is 5.73 Å². The number of hydrogen-bond donors (Lipinski definition) is 3. The second kappa shape index (κ2) is 7.62. The molecule has 0 rings (SSSR count). The Morgan fingerprint density at radius 1 is 1.44 bits per heavy atom. The van der Waals surface area contributed by atoms with Gasteiger partial charge in [-0.3, -0.25) is 15.2 Å². The van der Waals surface area contributed by atoms with E-state index >= 15 is 0 Å². The highest BCUT2D eigenvalue weighted by molar-refractivity contribution is 7.53. The van der Waals surface area contributed by atoms with Gasteiger partial charge in [-0.2, -0.15) is 0 Å². The van der Waals surface area contributed by atoms with Crippen LogP contribution in [-0.2, 0) is 13.6 Å². The largest absolute Gasteiger partial charge is 0.368 e. The Bertz CT molecular complexity index is 252. The minimum Gasteiger partial charge on any atom is -0.368 e. The molecule has 0 aliphatic heterocycles. The molecule has 0 fully saturated rings. The standard InChI is InChI=1S/C8H20N3O4P/c1-3-14-16(13,15-4-2)7-5-6-11(12)8(9)10/h12H,3-7H2,1-2H3,(H3,9,10). The van der Waals surface area contributed by atoms with Crippen LogP contribution in [0.4, 0.5) is 0 Å². The molecule has 0 heterocycles. The van der Waals surface area contributed by atoms with E-state index in [0.717, 1.165) is 0 Å². The van der Waals surface area contributed by atoms with Crippen LogP contribution in [0.2, 0.25) is 0 Å². The summed E-state index contributed by atoms with van der Waals surface area (Å²) in [6.07, 6.45) is 0.562. The van der Waals surface area contributed by atoms with E-state index in [1.165, 1.54) is 0 Å². The minimum absolute atomic E-state index is 0.124. The van der Waals surface area contributed by atoms with E-state index in [0.29, 0.717) is 24.7 Å². The Hall–Kier alpha value is -0.620. The van der Waals surface area contributed by atoms with Crippen LogP contribution >= 0.6 is 7.60 Å². The lowest BCUT2D eigenvalue weighted by molar-refractivity contribution is -0.0168. The zero-order chi connectivity index (χ0) is 12.6. The molecule has 0 unspecified atom stereocenters. The number of nitrogens with two attached hydrogens (primary N) is 1. The second-order valence-corrected chi connectivity index (χ2v) is 5.22. The van der Waals surface area contributed by atoms with Crippen molar-refractivity contribution < 1.29 is 18.8 Å². The maximum absolute atomic E-state index is 11.9. The van der Waals surface area contributed by atoms with Gasteiger partial charge in [-0.05, 0) is 20.3 Å². The smallest absolute Gasteiger partial charge is 0.330 e. The van der Waals surface area contributed by atoms with Gasteiger partial charge in [0.05, 0.1) is 19.4 Å². The van der Waals surface area contributed by atoms with Gasteiger partial charge in [-0.25, -0.2) is 5.06 Å². The molecule has 96 valence electrons. The van der Waals surface area contributed by atoms with Crippen molar-refractivity contribution in [2.24, 2.45) is 5.73 Å². The first-order chi connectivity index (χ1) is 7.45. The molecule has 0 saturated carbocycles. The summed E-state index contributed by atoms with van der Waals surface area (Å²) >= 11 is 0. The van der Waals surface area contributed by atoms with Gasteiger partial charge >= 0.3 is 7.60 Å². The van der Waals surface area contributed by atoms with Crippen LogP contribution in [0.25, 0.3) is 0 Å². The lowest BCUT2D eigenvalue weighted by atomic mass is 10.5. The highest BCUT2D eigenvalue weighted by Crippen LogP contribution is 2.48. The summed E-state index contributed by atoms with van der Waals surface area (Å²) in [5, 5.41) is 16.6. The van der Waals surface area contributed by atoms with Crippen molar-refractivity contribution in [3.8, 4) is 0 Å². The van der Waals surface area contributed by atoms with Gasteiger partial charge in [-0.1, -0.05) is 0 Å². The molecule has 0 atom stereocenters. The van der Waals surface area contributed by atoms with E-state index in [1.807, 2.05) is 0 Å². The molecule has 0 aromatic carbocycles. The molecule has 0 aromatic heterocycles. The first kappa shape index (κ1) is 15.4. The maximum atomic E-state index is 11.9. The summed E-state index contributed by atoms with van der Waals surface area (Å²) in [7, 11) is -3.05.